The van der Waals surface area contributed by atoms with E-state index >= 15 is 4.39 Å². The van der Waals surface area contributed by atoms with Gasteiger partial charge in [-0.15, -0.1) is 0 Å². The van der Waals surface area contributed by atoms with Crippen LogP contribution in [0.5, 0.6) is 0 Å². The fraction of sp³-hybridized carbons (Fsp3) is 0.333. The van der Waals surface area contributed by atoms with Crippen LogP contribution < -0.4 is 0 Å². The molecule has 0 N–H and O–H groups in total. The van der Waals surface area contributed by atoms with Crippen LogP contribution >= 0.6 is 0 Å². The van der Waals surface area contributed by atoms with Crippen molar-refractivity contribution in [2.24, 2.45) is 0 Å². The zero-order valence-electron chi connectivity index (χ0n) is 22.5. The highest BCUT2D eigenvalue weighted by atomic mass is 19.1. The summed E-state index contributed by atoms with van der Waals surface area (Å²) >= 11 is 0. The number of rotatable bonds is 11. The van der Waals surface area contributed by atoms with Crippen molar-refractivity contribution in [3.05, 3.63) is 107 Å². The Morgan fingerprint density at radius 1 is 0.568 bits per heavy atom. The summed E-state index contributed by atoms with van der Waals surface area (Å²) in [5.41, 5.74) is 6.55. The zero-order valence-corrected chi connectivity index (χ0v) is 22.5. The van der Waals surface area contributed by atoms with E-state index < -0.39 is 0 Å². The summed E-state index contributed by atoms with van der Waals surface area (Å²) in [6.45, 7) is 4.46. The van der Waals surface area contributed by atoms with Crippen molar-refractivity contribution in [3.8, 4) is 23.0 Å². The lowest BCUT2D eigenvalue weighted by atomic mass is 9.99. The average molecular weight is 491 g/mol. The molecule has 0 fully saturated rings. The van der Waals surface area contributed by atoms with Crippen LogP contribution in [0.4, 0.5) is 4.39 Å². The molecule has 0 aliphatic carbocycles. The summed E-state index contributed by atoms with van der Waals surface area (Å²) in [6.07, 6.45) is 11.7. The van der Waals surface area contributed by atoms with E-state index in [9.17, 15) is 0 Å². The summed E-state index contributed by atoms with van der Waals surface area (Å²) in [5, 5.41) is 1.60. The second kappa shape index (κ2) is 13.8. The van der Waals surface area contributed by atoms with Gasteiger partial charge in [-0.25, -0.2) is 4.39 Å². The van der Waals surface area contributed by atoms with Crippen molar-refractivity contribution in [1.82, 2.24) is 0 Å². The molecule has 0 nitrogen and oxygen atoms in total. The summed E-state index contributed by atoms with van der Waals surface area (Å²) in [7, 11) is 0. The number of unbranched alkanes of at least 4 members (excludes halogenated alkanes) is 6. The Labute approximate surface area is 223 Å². The molecule has 0 aliphatic heterocycles. The summed E-state index contributed by atoms with van der Waals surface area (Å²) < 4.78 is 15.1. The smallest absolute Gasteiger partial charge is 0.134 e. The molecule has 4 aromatic carbocycles. The highest BCUT2D eigenvalue weighted by Gasteiger charge is 2.08. The molecular weight excluding hydrogens is 451 g/mol. The van der Waals surface area contributed by atoms with Gasteiger partial charge in [-0.2, -0.15) is 0 Å². The molecule has 0 amide bonds. The standard InChI is InChI=1S/C36H39F/c1-3-5-7-8-10-12-33-24-25-34-27-30(19-26-35(34)36(33)37)14-13-29-17-22-32(23-18-29)31-20-15-28(16-21-31)11-9-6-4-2/h15-27H,3-12H2,1-2H3. The fourth-order valence-electron chi connectivity index (χ4n) is 4.86. The SMILES string of the molecule is CCCCCCCc1ccc2cc(C#Cc3ccc(-c4ccc(CCCCC)cc4)cc3)ccc2c1F. The van der Waals surface area contributed by atoms with Gasteiger partial charge in [-0.1, -0.05) is 119 Å². The maximum atomic E-state index is 15.1. The normalized spacial score (nSPS) is 10.9. The van der Waals surface area contributed by atoms with Crippen molar-refractivity contribution in [2.45, 2.75) is 78.1 Å². The molecule has 0 aliphatic rings. The lowest BCUT2D eigenvalue weighted by molar-refractivity contribution is 0.595. The number of benzene rings is 4. The van der Waals surface area contributed by atoms with Gasteiger partial charge in [0.15, 0.2) is 0 Å². The van der Waals surface area contributed by atoms with Crippen molar-refractivity contribution < 1.29 is 4.39 Å². The highest BCUT2D eigenvalue weighted by Crippen LogP contribution is 2.24. The van der Waals surface area contributed by atoms with Gasteiger partial charge < -0.3 is 0 Å². The van der Waals surface area contributed by atoms with E-state index in [-0.39, 0.29) is 5.82 Å². The quantitative estimate of drug-likeness (QED) is 0.145. The van der Waals surface area contributed by atoms with Gasteiger partial charge in [0, 0.05) is 16.5 Å². The van der Waals surface area contributed by atoms with Gasteiger partial charge in [-0.3, -0.25) is 0 Å². The first kappa shape index (κ1) is 26.7. The van der Waals surface area contributed by atoms with Crippen LogP contribution in [0.2, 0.25) is 0 Å². The first-order valence-electron chi connectivity index (χ1n) is 14.1. The molecule has 0 bridgehead atoms. The van der Waals surface area contributed by atoms with E-state index in [0.29, 0.717) is 5.39 Å². The Balaban J connectivity index is 1.40. The second-order valence-corrected chi connectivity index (χ2v) is 10.1. The van der Waals surface area contributed by atoms with Gasteiger partial charge in [0.05, 0.1) is 0 Å². The maximum absolute atomic E-state index is 15.1. The fourth-order valence-corrected chi connectivity index (χ4v) is 4.86. The molecule has 0 saturated carbocycles. The Morgan fingerprint density at radius 2 is 1.16 bits per heavy atom. The van der Waals surface area contributed by atoms with Gasteiger partial charge in [0.1, 0.15) is 5.82 Å². The van der Waals surface area contributed by atoms with Crippen molar-refractivity contribution in [1.29, 1.82) is 0 Å². The van der Waals surface area contributed by atoms with Crippen LogP contribution in [0.1, 0.15) is 87.5 Å². The van der Waals surface area contributed by atoms with E-state index in [1.54, 1.807) is 0 Å². The largest absolute Gasteiger partial charge is 0.206 e. The van der Waals surface area contributed by atoms with Gasteiger partial charge in [-0.05, 0) is 77.6 Å². The van der Waals surface area contributed by atoms with Crippen molar-refractivity contribution in [2.75, 3.05) is 0 Å². The Bertz CT molecular complexity index is 1330. The van der Waals surface area contributed by atoms with Gasteiger partial charge in [0.25, 0.3) is 0 Å². The Kier molecular flexibility index (Phi) is 9.96. The van der Waals surface area contributed by atoms with Crippen LogP contribution in [0.25, 0.3) is 21.9 Å². The van der Waals surface area contributed by atoms with E-state index in [2.05, 4.69) is 74.2 Å². The molecule has 37 heavy (non-hydrogen) atoms. The second-order valence-electron chi connectivity index (χ2n) is 10.1. The predicted octanol–water partition coefficient (Wildman–Crippen LogP) is 10.3. The number of halogens is 1. The molecule has 1 heteroatoms. The summed E-state index contributed by atoms with van der Waals surface area (Å²) in [6, 6.07) is 27.1. The predicted molar refractivity (Wildman–Crippen MR) is 157 cm³/mol. The molecular formula is C36H39F. The lowest BCUT2D eigenvalue weighted by Gasteiger charge is -2.07. The molecule has 4 aromatic rings. The molecule has 0 atom stereocenters. The molecule has 0 saturated heterocycles. The minimum atomic E-state index is -0.0721. The number of hydrogen-bond acceptors (Lipinski definition) is 0. The van der Waals surface area contributed by atoms with Gasteiger partial charge in [0.2, 0.25) is 0 Å². The third kappa shape index (κ3) is 7.56. The highest BCUT2D eigenvalue weighted by molar-refractivity contribution is 5.85. The molecule has 0 aromatic heterocycles. The van der Waals surface area contributed by atoms with Crippen LogP contribution in [0, 0.1) is 17.7 Å². The van der Waals surface area contributed by atoms with E-state index in [1.165, 1.54) is 61.6 Å². The zero-order chi connectivity index (χ0) is 25.9. The summed E-state index contributed by atoms with van der Waals surface area (Å²) in [4.78, 5) is 0. The van der Waals surface area contributed by atoms with E-state index in [4.69, 9.17) is 0 Å². The van der Waals surface area contributed by atoms with Crippen molar-refractivity contribution in [3.63, 3.8) is 0 Å². The van der Waals surface area contributed by atoms with Crippen molar-refractivity contribution >= 4 is 10.8 Å². The number of fused-ring (bicyclic) bond motifs is 1. The van der Waals surface area contributed by atoms with Crippen LogP contribution in [0.3, 0.4) is 0 Å². The first-order chi connectivity index (χ1) is 18.2. The third-order valence-corrected chi connectivity index (χ3v) is 7.18. The van der Waals surface area contributed by atoms with E-state index in [1.807, 2.05) is 30.3 Å². The molecule has 190 valence electrons. The first-order valence-corrected chi connectivity index (χ1v) is 14.1. The number of aryl methyl sites for hydroxylation is 2. The van der Waals surface area contributed by atoms with E-state index in [0.717, 1.165) is 41.3 Å². The lowest BCUT2D eigenvalue weighted by Crippen LogP contribution is -1.93. The Morgan fingerprint density at radius 3 is 1.89 bits per heavy atom. The van der Waals surface area contributed by atoms with Gasteiger partial charge >= 0.3 is 0 Å². The Hall–Kier alpha value is -3.37. The van der Waals surface area contributed by atoms with Crippen LogP contribution in [-0.2, 0) is 12.8 Å². The molecule has 0 spiro atoms. The minimum Gasteiger partial charge on any atom is -0.206 e. The maximum Gasteiger partial charge on any atom is 0.134 e. The molecule has 4 rings (SSSR count). The van der Waals surface area contributed by atoms with Crippen LogP contribution in [-0.4, -0.2) is 0 Å². The van der Waals surface area contributed by atoms with Crippen LogP contribution in [0.15, 0.2) is 78.9 Å². The minimum absolute atomic E-state index is 0.0721. The molecule has 0 heterocycles. The summed E-state index contributed by atoms with van der Waals surface area (Å²) in [5.74, 6) is 6.46. The monoisotopic (exact) mass is 490 g/mol. The molecule has 0 radical (unpaired) electrons. The topological polar surface area (TPSA) is 0 Å². The third-order valence-electron chi connectivity index (χ3n) is 7.18. The molecule has 0 unspecified atom stereocenters. The average Bonchev–Trinajstić information content (AvgIpc) is 2.94. The number of hydrogen-bond donors (Lipinski definition) is 0.